The number of nitrogens with zero attached hydrogens (tertiary/aromatic N) is 1. The minimum atomic E-state index is -2.03. The first kappa shape index (κ1) is 16.7. The molecule has 2 aromatic rings. The van der Waals surface area contributed by atoms with Crippen molar-refractivity contribution in [3.63, 3.8) is 0 Å². The van der Waals surface area contributed by atoms with Crippen molar-refractivity contribution in [2.45, 2.75) is 12.0 Å². The Balaban J connectivity index is 1.88. The van der Waals surface area contributed by atoms with Gasteiger partial charge in [-0.3, -0.25) is 19.3 Å². The molecule has 128 valence electrons. The molecule has 0 spiro atoms. The maximum absolute atomic E-state index is 12.7. The second-order valence-corrected chi connectivity index (χ2v) is 5.73. The van der Waals surface area contributed by atoms with E-state index in [0.29, 0.717) is 11.4 Å². The Kier molecular flexibility index (Phi) is 4.24. The number of para-hydroxylation sites is 1. The number of furan rings is 1. The smallest absolute Gasteiger partial charge is 0.264 e. The van der Waals surface area contributed by atoms with Gasteiger partial charge in [0.1, 0.15) is 12.3 Å². The summed E-state index contributed by atoms with van der Waals surface area (Å²) in [5, 5.41) is 10.9. The third kappa shape index (κ3) is 3.09. The highest BCUT2D eigenvalue weighted by Crippen LogP contribution is 2.42. The van der Waals surface area contributed by atoms with E-state index in [1.54, 1.807) is 36.4 Å². The van der Waals surface area contributed by atoms with Crippen molar-refractivity contribution in [2.24, 2.45) is 5.73 Å². The van der Waals surface area contributed by atoms with Crippen LogP contribution in [-0.2, 0) is 20.0 Å². The molecule has 0 saturated carbocycles. The van der Waals surface area contributed by atoms with Gasteiger partial charge in [0.25, 0.3) is 5.91 Å². The molecule has 1 aliphatic heterocycles. The Hall–Kier alpha value is -3.19. The first-order valence-corrected chi connectivity index (χ1v) is 7.58. The molecule has 1 aliphatic rings. The molecule has 25 heavy (non-hydrogen) atoms. The lowest BCUT2D eigenvalue weighted by atomic mass is 9.90. The standard InChI is InChI=1S/C18H16N2O5/c19-16(22)11-20-15-6-2-1-5-14(15)18(24,17(20)23)10-12(21)7-8-13-4-3-9-25-13/h1-9,24H,10-11H2,(H2,19,22)/b8-7+/t18-/m0/s1. The molecule has 0 radical (unpaired) electrons. The van der Waals surface area contributed by atoms with Gasteiger partial charge < -0.3 is 15.3 Å². The topological polar surface area (TPSA) is 114 Å². The summed E-state index contributed by atoms with van der Waals surface area (Å²) in [7, 11) is 0. The molecule has 3 N–H and O–H groups in total. The molecule has 7 nitrogen and oxygen atoms in total. The van der Waals surface area contributed by atoms with Crippen molar-refractivity contribution < 1.29 is 23.9 Å². The summed E-state index contributed by atoms with van der Waals surface area (Å²) in [5.74, 6) is -1.43. The van der Waals surface area contributed by atoms with Crippen LogP contribution in [0.1, 0.15) is 17.7 Å². The van der Waals surface area contributed by atoms with Crippen molar-refractivity contribution in [1.29, 1.82) is 0 Å². The van der Waals surface area contributed by atoms with Crippen molar-refractivity contribution >= 4 is 29.4 Å². The van der Waals surface area contributed by atoms with E-state index in [1.807, 2.05) is 0 Å². The van der Waals surface area contributed by atoms with E-state index in [1.165, 1.54) is 18.4 Å². The number of nitrogens with two attached hydrogens (primary N) is 1. The van der Waals surface area contributed by atoms with Gasteiger partial charge in [-0.1, -0.05) is 18.2 Å². The summed E-state index contributed by atoms with van der Waals surface area (Å²) in [6.45, 7) is -0.366. The zero-order valence-electron chi connectivity index (χ0n) is 13.2. The van der Waals surface area contributed by atoms with Crippen LogP contribution in [-0.4, -0.2) is 29.2 Å². The average molecular weight is 340 g/mol. The molecule has 7 heteroatoms. The van der Waals surface area contributed by atoms with Crippen LogP contribution in [0.25, 0.3) is 6.08 Å². The van der Waals surface area contributed by atoms with Crippen LogP contribution in [0.15, 0.2) is 53.2 Å². The lowest BCUT2D eigenvalue weighted by Gasteiger charge is -2.21. The molecule has 2 amide bonds. The first-order chi connectivity index (χ1) is 11.9. The van der Waals surface area contributed by atoms with Crippen LogP contribution < -0.4 is 10.6 Å². The number of rotatable bonds is 6. The molecule has 1 aromatic heterocycles. The molecular formula is C18H16N2O5. The normalized spacial score (nSPS) is 19.4. The second kappa shape index (κ2) is 6.37. The summed E-state index contributed by atoms with van der Waals surface area (Å²) in [6.07, 6.45) is 3.72. The van der Waals surface area contributed by atoms with Crippen LogP contribution in [0.4, 0.5) is 5.69 Å². The lowest BCUT2D eigenvalue weighted by molar-refractivity contribution is -0.141. The third-order valence-corrected chi connectivity index (χ3v) is 3.96. The highest BCUT2D eigenvalue weighted by molar-refractivity contribution is 6.12. The minimum Gasteiger partial charge on any atom is -0.465 e. The number of allylic oxidation sites excluding steroid dienone is 1. The fraction of sp³-hybridized carbons (Fsp3) is 0.167. The maximum Gasteiger partial charge on any atom is 0.264 e. The van der Waals surface area contributed by atoms with E-state index < -0.39 is 29.6 Å². The number of carbonyl (C=O) groups is 3. The van der Waals surface area contributed by atoms with Gasteiger partial charge in [0.2, 0.25) is 5.91 Å². The highest BCUT2D eigenvalue weighted by Gasteiger charge is 2.50. The van der Waals surface area contributed by atoms with E-state index in [9.17, 15) is 19.5 Å². The van der Waals surface area contributed by atoms with Crippen LogP contribution in [0.2, 0.25) is 0 Å². The zero-order valence-corrected chi connectivity index (χ0v) is 13.2. The third-order valence-electron chi connectivity index (χ3n) is 3.96. The van der Waals surface area contributed by atoms with Crippen LogP contribution >= 0.6 is 0 Å². The van der Waals surface area contributed by atoms with Crippen molar-refractivity contribution in [3.05, 3.63) is 60.1 Å². The molecule has 0 aliphatic carbocycles. The highest BCUT2D eigenvalue weighted by atomic mass is 16.3. The predicted octanol–water partition coefficient (Wildman–Crippen LogP) is 0.972. The van der Waals surface area contributed by atoms with Gasteiger partial charge in [0, 0.05) is 5.56 Å². The van der Waals surface area contributed by atoms with E-state index in [4.69, 9.17) is 10.2 Å². The predicted molar refractivity (Wildman–Crippen MR) is 89.3 cm³/mol. The molecule has 1 atom stereocenters. The molecule has 0 unspecified atom stereocenters. The lowest BCUT2D eigenvalue weighted by Crippen LogP contribution is -2.44. The quantitative estimate of drug-likeness (QED) is 0.761. The minimum absolute atomic E-state index is 0.279. The zero-order chi connectivity index (χ0) is 18.0. The average Bonchev–Trinajstić information content (AvgIpc) is 3.16. The summed E-state index contributed by atoms with van der Waals surface area (Å²) in [4.78, 5) is 37.2. The van der Waals surface area contributed by atoms with Crippen LogP contribution in [0.5, 0.6) is 0 Å². The van der Waals surface area contributed by atoms with Crippen molar-refractivity contribution in [2.75, 3.05) is 11.4 Å². The number of carbonyl (C=O) groups excluding carboxylic acids is 3. The molecule has 1 aromatic carbocycles. The number of hydrogen-bond donors (Lipinski definition) is 2. The Labute approximate surface area is 143 Å². The number of fused-ring (bicyclic) bond motifs is 1. The van der Waals surface area contributed by atoms with E-state index >= 15 is 0 Å². The molecule has 0 saturated heterocycles. The number of aliphatic hydroxyl groups is 1. The summed E-state index contributed by atoms with van der Waals surface area (Å²) >= 11 is 0. The molecule has 3 rings (SSSR count). The Morgan fingerprint density at radius 1 is 1.24 bits per heavy atom. The van der Waals surface area contributed by atoms with E-state index in [2.05, 4.69) is 0 Å². The molecular weight excluding hydrogens is 324 g/mol. The van der Waals surface area contributed by atoms with Gasteiger partial charge in [-0.05, 0) is 30.4 Å². The van der Waals surface area contributed by atoms with Gasteiger partial charge in [-0.25, -0.2) is 0 Å². The fourth-order valence-corrected chi connectivity index (χ4v) is 2.86. The number of primary amides is 1. The summed E-state index contributed by atoms with van der Waals surface area (Å²) in [5.41, 5.74) is 3.80. The van der Waals surface area contributed by atoms with Crippen LogP contribution in [0.3, 0.4) is 0 Å². The second-order valence-electron chi connectivity index (χ2n) is 5.73. The Morgan fingerprint density at radius 3 is 2.68 bits per heavy atom. The van der Waals surface area contributed by atoms with Crippen molar-refractivity contribution in [3.8, 4) is 0 Å². The van der Waals surface area contributed by atoms with E-state index in [-0.39, 0.29) is 12.1 Å². The van der Waals surface area contributed by atoms with Gasteiger partial charge >= 0.3 is 0 Å². The van der Waals surface area contributed by atoms with Gasteiger partial charge in [0.15, 0.2) is 11.4 Å². The summed E-state index contributed by atoms with van der Waals surface area (Å²) < 4.78 is 5.09. The largest absolute Gasteiger partial charge is 0.465 e. The van der Waals surface area contributed by atoms with Gasteiger partial charge in [-0.15, -0.1) is 0 Å². The monoisotopic (exact) mass is 340 g/mol. The number of anilines is 1. The molecule has 0 bridgehead atoms. The number of benzene rings is 1. The Morgan fingerprint density at radius 2 is 2.00 bits per heavy atom. The SMILES string of the molecule is NC(=O)CN1C(=O)[C@](O)(CC(=O)/C=C/c2ccco2)c2ccccc21. The number of hydrogen-bond acceptors (Lipinski definition) is 5. The van der Waals surface area contributed by atoms with Gasteiger partial charge in [-0.2, -0.15) is 0 Å². The summed E-state index contributed by atoms with van der Waals surface area (Å²) in [6, 6.07) is 9.81. The molecule has 0 fully saturated rings. The Bertz CT molecular complexity index is 856. The van der Waals surface area contributed by atoms with Crippen molar-refractivity contribution in [1.82, 2.24) is 0 Å². The maximum atomic E-state index is 12.7. The van der Waals surface area contributed by atoms with Gasteiger partial charge in [0.05, 0.1) is 18.4 Å². The van der Waals surface area contributed by atoms with Crippen LogP contribution in [0, 0.1) is 0 Å². The fourth-order valence-electron chi connectivity index (χ4n) is 2.86. The first-order valence-electron chi connectivity index (χ1n) is 7.58. The number of ketones is 1. The van der Waals surface area contributed by atoms with E-state index in [0.717, 1.165) is 4.90 Å². The number of amides is 2. The molecule has 2 heterocycles.